The summed E-state index contributed by atoms with van der Waals surface area (Å²) in [5.41, 5.74) is 2.11. The maximum absolute atomic E-state index is 13.7. The highest BCUT2D eigenvalue weighted by atomic mass is 35.5. The lowest BCUT2D eigenvalue weighted by molar-refractivity contribution is -0.141. The van der Waals surface area contributed by atoms with E-state index in [2.05, 4.69) is 5.32 Å². The van der Waals surface area contributed by atoms with Gasteiger partial charge in [-0.25, -0.2) is 8.42 Å². The molecule has 1 aliphatic rings. The zero-order chi connectivity index (χ0) is 28.7. The van der Waals surface area contributed by atoms with E-state index in [-0.39, 0.29) is 44.5 Å². The van der Waals surface area contributed by atoms with Crippen LogP contribution in [0.5, 0.6) is 11.5 Å². The largest absolute Gasteiger partial charge is 0.454 e. The minimum absolute atomic E-state index is 0.0272. The highest BCUT2D eigenvalue weighted by Crippen LogP contribution is 2.36. The lowest BCUT2D eigenvalue weighted by atomic mass is 10.0. The van der Waals surface area contributed by atoms with Crippen molar-refractivity contribution in [2.24, 2.45) is 0 Å². The van der Waals surface area contributed by atoms with Crippen LogP contribution in [-0.2, 0) is 32.6 Å². The Bertz CT molecular complexity index is 1450. The molecular weight excluding hydrogens is 554 g/mol. The van der Waals surface area contributed by atoms with Gasteiger partial charge in [0.2, 0.25) is 28.6 Å². The van der Waals surface area contributed by atoms with Gasteiger partial charge in [-0.15, -0.1) is 0 Å². The molecule has 2 amide bonds. The smallest absolute Gasteiger partial charge is 0.242 e. The van der Waals surface area contributed by atoms with Crippen LogP contribution in [0.3, 0.4) is 0 Å². The quantitative estimate of drug-likeness (QED) is 0.344. The van der Waals surface area contributed by atoms with Crippen molar-refractivity contribution in [2.45, 2.75) is 31.8 Å². The molecule has 0 bridgehead atoms. The Labute approximate surface area is 239 Å². The monoisotopic (exact) mass is 585 g/mol. The number of nitrogens with one attached hydrogen (secondary N) is 1. The van der Waals surface area contributed by atoms with E-state index in [4.69, 9.17) is 21.1 Å². The van der Waals surface area contributed by atoms with E-state index in [9.17, 15) is 18.0 Å². The molecule has 11 heteroatoms. The summed E-state index contributed by atoms with van der Waals surface area (Å²) in [6, 6.07) is 20.8. The van der Waals surface area contributed by atoms with Gasteiger partial charge in [0.05, 0.1) is 11.9 Å². The van der Waals surface area contributed by atoms with Crippen LogP contribution in [0.1, 0.15) is 24.0 Å². The number of rotatable bonds is 12. The molecule has 0 aliphatic carbocycles. The van der Waals surface area contributed by atoms with Crippen LogP contribution in [0.25, 0.3) is 0 Å². The van der Waals surface area contributed by atoms with Crippen molar-refractivity contribution in [1.29, 1.82) is 0 Å². The van der Waals surface area contributed by atoms with Crippen molar-refractivity contribution in [3.63, 3.8) is 0 Å². The molecule has 4 rings (SSSR count). The van der Waals surface area contributed by atoms with E-state index in [0.717, 1.165) is 17.4 Å². The number of halogens is 1. The van der Waals surface area contributed by atoms with Crippen LogP contribution in [0, 0.1) is 0 Å². The van der Waals surface area contributed by atoms with Crippen molar-refractivity contribution in [3.05, 3.63) is 88.9 Å². The molecule has 0 unspecified atom stereocenters. The molecule has 1 heterocycles. The first-order chi connectivity index (χ1) is 19.2. The molecule has 0 fully saturated rings. The van der Waals surface area contributed by atoms with Crippen molar-refractivity contribution in [1.82, 2.24) is 10.2 Å². The van der Waals surface area contributed by atoms with Gasteiger partial charge in [0.25, 0.3) is 0 Å². The number of sulfonamides is 1. The van der Waals surface area contributed by atoms with Gasteiger partial charge in [0, 0.05) is 44.1 Å². The molecule has 1 N–H and O–H groups in total. The highest BCUT2D eigenvalue weighted by Gasteiger charge is 2.30. The summed E-state index contributed by atoms with van der Waals surface area (Å²) in [6.45, 7) is 0.310. The van der Waals surface area contributed by atoms with Crippen molar-refractivity contribution >= 4 is 39.1 Å². The first kappa shape index (κ1) is 29.2. The second-order valence-corrected chi connectivity index (χ2v) is 11.8. The summed E-state index contributed by atoms with van der Waals surface area (Å²) in [7, 11) is -2.11. The number of anilines is 1. The average Bonchev–Trinajstić information content (AvgIpc) is 3.40. The lowest BCUT2D eigenvalue weighted by Crippen LogP contribution is -2.49. The molecule has 0 saturated carbocycles. The SMILES string of the molecule is CNC(=O)[C@H](Cc1ccccc1)N(Cc1cccc(Cl)c1)C(=O)CCCN(c1ccc2c(c1)OCO2)S(C)(=O)=O. The van der Waals surface area contributed by atoms with Crippen LogP contribution in [0.15, 0.2) is 72.8 Å². The Morgan fingerprint density at radius 1 is 0.975 bits per heavy atom. The molecule has 0 aromatic heterocycles. The van der Waals surface area contributed by atoms with Crippen LogP contribution < -0.4 is 19.1 Å². The molecule has 0 spiro atoms. The fourth-order valence-electron chi connectivity index (χ4n) is 4.60. The van der Waals surface area contributed by atoms with E-state index < -0.39 is 16.1 Å². The average molecular weight is 586 g/mol. The second kappa shape index (κ2) is 13.1. The standard InChI is InChI=1S/C29H32ClN3O6S/c1-31-29(35)25(17-21-8-4-3-5-9-21)32(19-22-10-6-11-23(30)16-22)28(34)12-7-15-33(40(2,36)37)24-13-14-26-27(18-24)39-20-38-26/h3-6,8-11,13-14,16,18,25H,7,12,15,17,19-20H2,1-2H3,(H,31,35)/t25-/m0/s1. The first-order valence-electron chi connectivity index (χ1n) is 12.8. The molecule has 0 saturated heterocycles. The van der Waals surface area contributed by atoms with E-state index in [1.807, 2.05) is 36.4 Å². The minimum atomic E-state index is -3.65. The number of amides is 2. The highest BCUT2D eigenvalue weighted by molar-refractivity contribution is 7.92. The van der Waals surface area contributed by atoms with Crippen molar-refractivity contribution < 1.29 is 27.5 Å². The Kier molecular flexibility index (Phi) is 9.54. The maximum Gasteiger partial charge on any atom is 0.242 e. The van der Waals surface area contributed by atoms with Crippen LogP contribution in [0.4, 0.5) is 5.69 Å². The van der Waals surface area contributed by atoms with E-state index >= 15 is 0 Å². The van der Waals surface area contributed by atoms with Crippen molar-refractivity contribution in [2.75, 3.05) is 30.9 Å². The molecule has 1 aliphatic heterocycles. The summed E-state index contributed by atoms with van der Waals surface area (Å²) in [5.74, 6) is 0.438. The maximum atomic E-state index is 13.7. The minimum Gasteiger partial charge on any atom is -0.454 e. The molecule has 3 aromatic rings. The third-order valence-electron chi connectivity index (χ3n) is 6.56. The number of hydrogen-bond donors (Lipinski definition) is 1. The second-order valence-electron chi connectivity index (χ2n) is 9.45. The summed E-state index contributed by atoms with van der Waals surface area (Å²) < 4.78 is 37.3. The molecule has 212 valence electrons. The fraction of sp³-hybridized carbons (Fsp3) is 0.310. The fourth-order valence-corrected chi connectivity index (χ4v) is 5.77. The Balaban J connectivity index is 1.55. The molecular formula is C29H32ClN3O6S. The molecule has 0 radical (unpaired) electrons. The number of hydrogen-bond acceptors (Lipinski definition) is 6. The number of carbonyl (C=O) groups excluding carboxylic acids is 2. The summed E-state index contributed by atoms with van der Waals surface area (Å²) >= 11 is 6.20. The van der Waals surface area contributed by atoms with E-state index in [0.29, 0.717) is 28.6 Å². The van der Waals surface area contributed by atoms with Crippen molar-refractivity contribution in [3.8, 4) is 11.5 Å². The Morgan fingerprint density at radius 2 is 1.70 bits per heavy atom. The molecule has 9 nitrogen and oxygen atoms in total. The zero-order valence-corrected chi connectivity index (χ0v) is 24.0. The number of ether oxygens (including phenoxy) is 2. The van der Waals surface area contributed by atoms with E-state index in [1.165, 1.54) is 11.4 Å². The third-order valence-corrected chi connectivity index (χ3v) is 7.98. The van der Waals surface area contributed by atoms with Gasteiger partial charge in [0.1, 0.15) is 6.04 Å². The van der Waals surface area contributed by atoms with Crippen LogP contribution >= 0.6 is 11.6 Å². The number of nitrogens with zero attached hydrogens (tertiary/aromatic N) is 2. The van der Waals surface area contributed by atoms with Gasteiger partial charge in [-0.2, -0.15) is 0 Å². The predicted octanol–water partition coefficient (Wildman–Crippen LogP) is 4.00. The number of likely N-dealkylation sites (N-methyl/N-ethyl adjacent to an activating group) is 1. The number of benzene rings is 3. The molecule has 3 aromatic carbocycles. The van der Waals surface area contributed by atoms with E-state index in [1.54, 1.807) is 41.3 Å². The van der Waals surface area contributed by atoms with Gasteiger partial charge in [0.15, 0.2) is 11.5 Å². The van der Waals surface area contributed by atoms with Gasteiger partial charge < -0.3 is 19.7 Å². The third kappa shape index (κ3) is 7.45. The summed E-state index contributed by atoms with van der Waals surface area (Å²) in [6.07, 6.45) is 1.70. The van der Waals surface area contributed by atoms with Gasteiger partial charge in [-0.3, -0.25) is 13.9 Å². The lowest BCUT2D eigenvalue weighted by Gasteiger charge is -2.31. The summed E-state index contributed by atoms with van der Waals surface area (Å²) in [4.78, 5) is 28.3. The van der Waals surface area contributed by atoms with Crippen LogP contribution in [0.2, 0.25) is 5.02 Å². The predicted molar refractivity (Wildman–Crippen MR) is 154 cm³/mol. The zero-order valence-electron chi connectivity index (χ0n) is 22.4. The van der Waals surface area contributed by atoms with Gasteiger partial charge in [-0.05, 0) is 41.8 Å². The summed E-state index contributed by atoms with van der Waals surface area (Å²) in [5, 5.41) is 3.21. The van der Waals surface area contributed by atoms with Crippen LogP contribution in [-0.4, -0.2) is 57.8 Å². The van der Waals surface area contributed by atoms with Gasteiger partial charge >= 0.3 is 0 Å². The number of fused-ring (bicyclic) bond motifs is 1. The van der Waals surface area contributed by atoms with Gasteiger partial charge in [-0.1, -0.05) is 54.1 Å². The number of carbonyl (C=O) groups is 2. The molecule has 40 heavy (non-hydrogen) atoms. The normalized spacial score (nSPS) is 13.0. The molecule has 1 atom stereocenters. The Morgan fingerprint density at radius 3 is 2.40 bits per heavy atom. The Hall–Kier alpha value is -3.76. The topological polar surface area (TPSA) is 105 Å². The first-order valence-corrected chi connectivity index (χ1v) is 15.0.